The van der Waals surface area contributed by atoms with Crippen LogP contribution >= 0.6 is 7.29 Å². The van der Waals surface area contributed by atoms with Crippen LogP contribution in [0, 0.1) is 5.92 Å². The van der Waals surface area contributed by atoms with Crippen LogP contribution in [0.25, 0.3) is 0 Å². The number of rotatable bonds is 6. The van der Waals surface area contributed by atoms with Crippen molar-refractivity contribution < 1.29 is 9.36 Å². The molecule has 1 fully saturated rings. The predicted molar refractivity (Wildman–Crippen MR) is 112 cm³/mol. The number of nitrogens with zero attached hydrogens (tertiary/aromatic N) is 1. The largest absolute Gasteiger partial charge is 0.341 e. The van der Waals surface area contributed by atoms with E-state index in [1.165, 1.54) is 6.42 Å². The van der Waals surface area contributed by atoms with E-state index in [9.17, 15) is 9.36 Å². The van der Waals surface area contributed by atoms with Gasteiger partial charge in [-0.25, -0.2) is 5.09 Å². The van der Waals surface area contributed by atoms with Crippen molar-refractivity contribution in [1.29, 1.82) is 0 Å². The maximum atomic E-state index is 14.2. The van der Waals surface area contributed by atoms with Crippen LogP contribution in [0.15, 0.2) is 60.7 Å². The van der Waals surface area contributed by atoms with E-state index in [4.69, 9.17) is 0 Å². The lowest BCUT2D eigenvalue weighted by Crippen LogP contribution is -2.51. The van der Waals surface area contributed by atoms with E-state index < -0.39 is 13.3 Å². The van der Waals surface area contributed by atoms with Gasteiger partial charge in [0, 0.05) is 23.7 Å². The molecule has 3 rings (SSSR count). The van der Waals surface area contributed by atoms with Crippen LogP contribution in [0.5, 0.6) is 0 Å². The Labute approximate surface area is 162 Å². The summed E-state index contributed by atoms with van der Waals surface area (Å²) in [5, 5.41) is 4.78. The van der Waals surface area contributed by atoms with Crippen molar-refractivity contribution >= 4 is 23.8 Å². The van der Waals surface area contributed by atoms with Crippen molar-refractivity contribution in [3.05, 3.63) is 60.7 Å². The van der Waals surface area contributed by atoms with Gasteiger partial charge in [0.1, 0.15) is 0 Å². The molecule has 0 bridgehead atoms. The van der Waals surface area contributed by atoms with E-state index in [0.717, 1.165) is 36.5 Å². The Morgan fingerprint density at radius 3 is 1.81 bits per heavy atom. The first-order chi connectivity index (χ1) is 13.0. The third-order valence-electron chi connectivity index (χ3n) is 5.16. The summed E-state index contributed by atoms with van der Waals surface area (Å²) >= 11 is 0. The maximum absolute atomic E-state index is 14.2. The topological polar surface area (TPSA) is 49.4 Å². The molecule has 0 spiro atoms. The molecule has 144 valence electrons. The van der Waals surface area contributed by atoms with Gasteiger partial charge in [0.2, 0.25) is 13.2 Å². The zero-order valence-corrected chi connectivity index (χ0v) is 17.1. The fraction of sp³-hybridized carbons (Fsp3) is 0.409. The number of likely N-dealkylation sites (tertiary alicyclic amines) is 1. The molecule has 1 saturated heterocycles. The summed E-state index contributed by atoms with van der Waals surface area (Å²) in [4.78, 5) is 15.2. The minimum absolute atomic E-state index is 0.0418. The molecule has 1 aliphatic rings. The normalized spacial score (nSPS) is 16.3. The second kappa shape index (κ2) is 8.86. The van der Waals surface area contributed by atoms with Gasteiger partial charge >= 0.3 is 0 Å². The van der Waals surface area contributed by atoms with E-state index in [1.807, 2.05) is 79.4 Å². The molecule has 2 aromatic rings. The van der Waals surface area contributed by atoms with Crippen molar-refractivity contribution in [2.75, 3.05) is 13.1 Å². The van der Waals surface area contributed by atoms with Crippen molar-refractivity contribution in [3.8, 4) is 0 Å². The van der Waals surface area contributed by atoms with Crippen molar-refractivity contribution in [3.63, 3.8) is 0 Å². The quantitative estimate of drug-likeness (QED) is 0.775. The van der Waals surface area contributed by atoms with Gasteiger partial charge in [0.25, 0.3) is 0 Å². The van der Waals surface area contributed by atoms with E-state index in [1.54, 1.807) is 0 Å². The van der Waals surface area contributed by atoms with Crippen LogP contribution in [-0.4, -0.2) is 29.9 Å². The number of hydrogen-bond acceptors (Lipinski definition) is 2. The minimum Gasteiger partial charge on any atom is -0.341 e. The van der Waals surface area contributed by atoms with Gasteiger partial charge in [-0.3, -0.25) is 9.36 Å². The lowest BCUT2D eigenvalue weighted by molar-refractivity contribution is -0.134. The van der Waals surface area contributed by atoms with Gasteiger partial charge in [0.15, 0.2) is 0 Å². The van der Waals surface area contributed by atoms with Crippen LogP contribution in [0.3, 0.4) is 0 Å². The zero-order valence-electron chi connectivity index (χ0n) is 16.2. The second-order valence-corrected chi connectivity index (χ2v) is 10.0. The summed E-state index contributed by atoms with van der Waals surface area (Å²) in [6.45, 7) is 5.62. The number of hydrogen-bond donors (Lipinski definition) is 1. The standard InChI is InChI=1S/C22H29N2O2P/c1-18(2)21(22(25)24-16-10-5-11-17-24)23-27(26,19-12-6-3-7-13-19)20-14-8-4-9-15-20/h3-4,6-9,12-15,18,21H,5,10-11,16-17H2,1-2H3,(H,23,26)/t21-/m0/s1. The summed E-state index contributed by atoms with van der Waals surface area (Å²) in [5.74, 6) is 0.108. The SMILES string of the molecule is CC(C)[C@H](NP(=O)(c1ccccc1)c1ccccc1)C(=O)N1CCCCC1. The molecule has 1 aliphatic heterocycles. The number of amides is 1. The van der Waals surface area contributed by atoms with Crippen LogP contribution < -0.4 is 15.7 Å². The third kappa shape index (κ3) is 4.51. The molecule has 1 heterocycles. The molecule has 1 N–H and O–H groups in total. The Kier molecular flexibility index (Phi) is 6.51. The molecule has 4 nitrogen and oxygen atoms in total. The molecule has 1 atom stereocenters. The Morgan fingerprint density at radius 1 is 0.889 bits per heavy atom. The first-order valence-electron chi connectivity index (χ1n) is 9.80. The van der Waals surface area contributed by atoms with Gasteiger partial charge in [-0.2, -0.15) is 0 Å². The first kappa shape index (κ1) is 19.9. The maximum Gasteiger partial charge on any atom is 0.240 e. The van der Waals surface area contributed by atoms with Crippen LogP contribution in [-0.2, 0) is 9.36 Å². The smallest absolute Gasteiger partial charge is 0.240 e. The van der Waals surface area contributed by atoms with E-state index in [0.29, 0.717) is 0 Å². The molecule has 2 aromatic carbocycles. The monoisotopic (exact) mass is 384 g/mol. The summed E-state index contributed by atoms with van der Waals surface area (Å²) in [5.41, 5.74) is 0. The van der Waals surface area contributed by atoms with E-state index >= 15 is 0 Å². The molecule has 1 amide bonds. The molecule has 0 aliphatic carbocycles. The Hall–Kier alpha value is -1.90. The third-order valence-corrected chi connectivity index (χ3v) is 7.85. The summed E-state index contributed by atoms with van der Waals surface area (Å²) < 4.78 is 14.2. The molecule has 0 unspecified atom stereocenters. The van der Waals surface area contributed by atoms with E-state index in [-0.39, 0.29) is 11.8 Å². The number of carbonyl (C=O) groups is 1. The Balaban J connectivity index is 1.96. The molecular formula is C22H29N2O2P. The van der Waals surface area contributed by atoms with E-state index in [2.05, 4.69) is 5.09 Å². The average Bonchev–Trinajstić information content (AvgIpc) is 2.73. The summed E-state index contributed by atoms with van der Waals surface area (Å²) in [6, 6.07) is 18.4. The summed E-state index contributed by atoms with van der Waals surface area (Å²) in [6.07, 6.45) is 3.27. The lowest BCUT2D eigenvalue weighted by atomic mass is 10.0. The number of carbonyl (C=O) groups excluding carboxylic acids is 1. The highest BCUT2D eigenvalue weighted by atomic mass is 31.2. The molecule has 0 aromatic heterocycles. The highest BCUT2D eigenvalue weighted by Gasteiger charge is 2.36. The highest BCUT2D eigenvalue weighted by Crippen LogP contribution is 2.40. The van der Waals surface area contributed by atoms with Gasteiger partial charge < -0.3 is 4.90 Å². The van der Waals surface area contributed by atoms with Gasteiger partial charge in [-0.05, 0) is 49.4 Å². The lowest BCUT2D eigenvalue weighted by Gasteiger charge is -2.34. The molecule has 5 heteroatoms. The minimum atomic E-state index is -3.14. The Morgan fingerprint density at radius 2 is 1.37 bits per heavy atom. The van der Waals surface area contributed by atoms with Gasteiger partial charge in [-0.15, -0.1) is 0 Å². The molecule has 27 heavy (non-hydrogen) atoms. The predicted octanol–water partition coefficient (Wildman–Crippen LogP) is 3.54. The van der Waals surface area contributed by atoms with Crippen LogP contribution in [0.4, 0.5) is 0 Å². The molecule has 0 saturated carbocycles. The zero-order chi connectivity index (χ0) is 19.3. The van der Waals surface area contributed by atoms with Crippen LogP contribution in [0.2, 0.25) is 0 Å². The number of piperidine rings is 1. The highest BCUT2D eigenvalue weighted by molar-refractivity contribution is 7.77. The first-order valence-corrected chi connectivity index (χ1v) is 11.5. The van der Waals surface area contributed by atoms with Crippen molar-refractivity contribution in [2.45, 2.75) is 39.2 Å². The fourth-order valence-electron chi connectivity index (χ4n) is 3.57. The Bertz CT molecular complexity index is 743. The van der Waals surface area contributed by atoms with Gasteiger partial charge in [-0.1, -0.05) is 50.2 Å². The van der Waals surface area contributed by atoms with Crippen molar-refractivity contribution in [1.82, 2.24) is 9.99 Å². The van der Waals surface area contributed by atoms with Crippen LogP contribution in [0.1, 0.15) is 33.1 Å². The fourth-order valence-corrected chi connectivity index (χ4v) is 6.15. The summed E-state index contributed by atoms with van der Waals surface area (Å²) in [7, 11) is -3.14. The van der Waals surface area contributed by atoms with Gasteiger partial charge in [0.05, 0.1) is 6.04 Å². The number of nitrogens with one attached hydrogen (secondary N) is 1. The van der Waals surface area contributed by atoms with Crippen molar-refractivity contribution in [2.24, 2.45) is 5.92 Å². The molecule has 0 radical (unpaired) electrons. The second-order valence-electron chi connectivity index (χ2n) is 7.52. The number of benzene rings is 2. The average molecular weight is 384 g/mol. The molecular weight excluding hydrogens is 355 g/mol.